The molecule has 3 rings (SSSR count). The summed E-state index contributed by atoms with van der Waals surface area (Å²) in [5.41, 5.74) is 0.902. The summed E-state index contributed by atoms with van der Waals surface area (Å²) in [5, 5.41) is 13.3. The van der Waals surface area contributed by atoms with Gasteiger partial charge in [-0.05, 0) is 38.2 Å². The highest BCUT2D eigenvalue weighted by atomic mass is 16.5. The van der Waals surface area contributed by atoms with Gasteiger partial charge in [-0.3, -0.25) is 19.2 Å². The molecule has 0 fully saturated rings. The molecule has 3 N–H and O–H groups in total. The number of carbonyl (C=O) groups is 4. The number of hydrogen-bond donors (Lipinski definition) is 3. The van der Waals surface area contributed by atoms with Crippen LogP contribution in [0.15, 0.2) is 30.3 Å². The second-order valence-corrected chi connectivity index (χ2v) is 10.5. The largest absolute Gasteiger partial charge is 0.372 e. The summed E-state index contributed by atoms with van der Waals surface area (Å²) in [5.74, 6) is -0.151. The van der Waals surface area contributed by atoms with Crippen molar-refractivity contribution >= 4 is 23.6 Å². The Kier molecular flexibility index (Phi) is 12.3. The molecule has 224 valence electrons. The van der Waals surface area contributed by atoms with Crippen molar-refractivity contribution in [1.29, 1.82) is 0 Å². The van der Waals surface area contributed by atoms with E-state index in [1.54, 1.807) is 11.8 Å². The first-order valence-electron chi connectivity index (χ1n) is 14.3. The number of aryl methyl sites for hydroxylation is 1. The van der Waals surface area contributed by atoms with Crippen molar-refractivity contribution < 1.29 is 23.9 Å². The second kappa shape index (κ2) is 15.8. The summed E-state index contributed by atoms with van der Waals surface area (Å²) < 4.78 is 6.81. The first kappa shape index (κ1) is 31.7. The zero-order valence-electron chi connectivity index (χ0n) is 24.5. The third-order valence-corrected chi connectivity index (χ3v) is 6.82. The van der Waals surface area contributed by atoms with Crippen LogP contribution in [0.1, 0.15) is 63.3 Å². The number of ether oxygens (including phenoxy) is 1. The maximum absolute atomic E-state index is 13.7. The normalized spacial score (nSPS) is 19.9. The topological polar surface area (TPSA) is 148 Å². The third-order valence-electron chi connectivity index (χ3n) is 6.82. The number of nitrogens with one attached hydrogen (secondary N) is 3. The Bertz CT molecular complexity index is 1170. The molecule has 12 nitrogen and oxygen atoms in total. The quantitative estimate of drug-likeness (QED) is 0.475. The number of rotatable bonds is 6. The van der Waals surface area contributed by atoms with Gasteiger partial charge in [0.15, 0.2) is 5.82 Å². The van der Waals surface area contributed by atoms with E-state index in [2.05, 4.69) is 26.0 Å². The molecule has 2 aromatic rings. The van der Waals surface area contributed by atoms with Gasteiger partial charge in [-0.1, -0.05) is 44.2 Å². The van der Waals surface area contributed by atoms with E-state index in [4.69, 9.17) is 4.74 Å². The fourth-order valence-electron chi connectivity index (χ4n) is 4.69. The van der Waals surface area contributed by atoms with E-state index >= 15 is 0 Å². The number of amides is 4. The first-order valence-corrected chi connectivity index (χ1v) is 14.3. The van der Waals surface area contributed by atoms with Crippen molar-refractivity contribution in [3.05, 3.63) is 47.5 Å². The average Bonchev–Trinajstić information content (AvgIpc) is 3.29. The van der Waals surface area contributed by atoms with E-state index in [0.717, 1.165) is 5.56 Å². The highest BCUT2D eigenvalue weighted by Crippen LogP contribution is 2.21. The molecular formula is C29H43N7O5. The first-order chi connectivity index (χ1) is 19.7. The predicted octanol–water partition coefficient (Wildman–Crippen LogP) is 1.29. The van der Waals surface area contributed by atoms with Gasteiger partial charge in [0, 0.05) is 39.1 Å². The summed E-state index contributed by atoms with van der Waals surface area (Å²) in [6.07, 6.45) is 1.42. The van der Waals surface area contributed by atoms with Crippen LogP contribution in [0.2, 0.25) is 0 Å². The highest BCUT2D eigenvalue weighted by Gasteiger charge is 2.29. The summed E-state index contributed by atoms with van der Waals surface area (Å²) in [6, 6.07) is 8.12. The van der Waals surface area contributed by atoms with Gasteiger partial charge in [-0.25, -0.2) is 9.67 Å². The Hall–Kier alpha value is -3.80. The summed E-state index contributed by atoms with van der Waals surface area (Å²) >= 11 is 0. The van der Waals surface area contributed by atoms with Crippen molar-refractivity contribution in [2.75, 3.05) is 32.8 Å². The van der Waals surface area contributed by atoms with E-state index in [0.29, 0.717) is 57.2 Å². The Morgan fingerprint density at radius 2 is 1.80 bits per heavy atom. The van der Waals surface area contributed by atoms with Gasteiger partial charge < -0.3 is 25.6 Å². The molecule has 0 saturated carbocycles. The monoisotopic (exact) mass is 569 g/mol. The van der Waals surface area contributed by atoms with Crippen molar-refractivity contribution in [2.24, 2.45) is 5.92 Å². The molecule has 0 spiro atoms. The van der Waals surface area contributed by atoms with Crippen LogP contribution in [0.5, 0.6) is 0 Å². The zero-order chi connectivity index (χ0) is 29.8. The van der Waals surface area contributed by atoms with E-state index in [-0.39, 0.29) is 49.1 Å². The molecule has 1 aromatic carbocycles. The molecule has 4 amide bonds. The van der Waals surface area contributed by atoms with Gasteiger partial charge >= 0.3 is 0 Å². The minimum Gasteiger partial charge on any atom is -0.372 e. The van der Waals surface area contributed by atoms with Crippen LogP contribution in [0.4, 0.5) is 0 Å². The number of carbonyl (C=O) groups excluding carboxylic acids is 4. The molecule has 1 aliphatic heterocycles. The van der Waals surface area contributed by atoms with Crippen LogP contribution < -0.4 is 16.0 Å². The Morgan fingerprint density at radius 1 is 1.07 bits per heavy atom. The molecule has 0 unspecified atom stereocenters. The van der Waals surface area contributed by atoms with Crippen LogP contribution in [0.3, 0.4) is 0 Å². The van der Waals surface area contributed by atoms with E-state index in [1.807, 2.05) is 51.1 Å². The number of fused-ring (bicyclic) bond motifs is 1. The third kappa shape index (κ3) is 9.96. The summed E-state index contributed by atoms with van der Waals surface area (Å²) in [6.45, 7) is 8.92. The molecule has 12 heteroatoms. The van der Waals surface area contributed by atoms with Crippen molar-refractivity contribution in [3.63, 3.8) is 0 Å². The number of aromatic nitrogens is 3. The molecular weight excluding hydrogens is 526 g/mol. The minimum absolute atomic E-state index is 0.0418. The van der Waals surface area contributed by atoms with Crippen molar-refractivity contribution in [3.8, 4) is 0 Å². The van der Waals surface area contributed by atoms with E-state index in [1.165, 1.54) is 4.68 Å². The maximum Gasteiger partial charge on any atom is 0.248 e. The summed E-state index contributed by atoms with van der Waals surface area (Å²) in [4.78, 5) is 58.4. The standard InChI is InChI=1S/C29H43N7O5/c1-5-41-19-26(39)35-15-9-13-24(37)32-23(17-22-11-7-6-8-12-22)29(40)33-27(20(2)3)28-31-21(4)34-36(28)18-25(38)30-14-10-16-35/h6-8,11-12,20,23,27H,5,9-10,13-19H2,1-4H3,(H,30,38)(H,32,37)(H,33,40)/t23-,27+/m1/s1. The Labute approximate surface area is 241 Å². The average molecular weight is 570 g/mol. The lowest BCUT2D eigenvalue weighted by atomic mass is 10.0. The smallest absolute Gasteiger partial charge is 0.248 e. The van der Waals surface area contributed by atoms with Gasteiger partial charge in [0.05, 0.1) is 6.04 Å². The second-order valence-electron chi connectivity index (χ2n) is 10.5. The maximum atomic E-state index is 13.7. The van der Waals surface area contributed by atoms with Crippen LogP contribution in [-0.2, 0) is 36.9 Å². The molecule has 41 heavy (non-hydrogen) atoms. The molecule has 2 atom stereocenters. The van der Waals surface area contributed by atoms with Gasteiger partial charge in [-0.15, -0.1) is 0 Å². The number of hydrogen-bond acceptors (Lipinski definition) is 7. The lowest BCUT2D eigenvalue weighted by molar-refractivity contribution is -0.136. The van der Waals surface area contributed by atoms with Gasteiger partial charge in [0.25, 0.3) is 0 Å². The van der Waals surface area contributed by atoms with Crippen LogP contribution >= 0.6 is 0 Å². The van der Waals surface area contributed by atoms with Crippen LogP contribution in [0.25, 0.3) is 0 Å². The predicted molar refractivity (Wildman–Crippen MR) is 152 cm³/mol. The summed E-state index contributed by atoms with van der Waals surface area (Å²) in [7, 11) is 0. The fraction of sp³-hybridized carbons (Fsp3) is 0.586. The number of benzene rings is 1. The van der Waals surface area contributed by atoms with Gasteiger partial charge in [-0.2, -0.15) is 5.10 Å². The van der Waals surface area contributed by atoms with Crippen LogP contribution in [-0.4, -0.2) is 82.2 Å². The molecule has 0 aliphatic carbocycles. The molecule has 2 heterocycles. The Balaban J connectivity index is 1.88. The lowest BCUT2D eigenvalue weighted by Crippen LogP contribution is -2.50. The highest BCUT2D eigenvalue weighted by molar-refractivity contribution is 5.88. The van der Waals surface area contributed by atoms with Crippen molar-refractivity contribution in [2.45, 2.75) is 72.0 Å². The van der Waals surface area contributed by atoms with Gasteiger partial charge in [0.2, 0.25) is 23.6 Å². The Morgan fingerprint density at radius 3 is 2.51 bits per heavy atom. The zero-order valence-corrected chi connectivity index (χ0v) is 24.5. The van der Waals surface area contributed by atoms with E-state index < -0.39 is 12.1 Å². The SMILES string of the molecule is CCOCC(=O)N1CCCNC(=O)Cn2nc(C)nc2[C@H](C(C)C)NC(=O)[C@@H](Cc2ccccc2)NC(=O)CCC1. The molecule has 0 saturated heterocycles. The van der Waals surface area contributed by atoms with Gasteiger partial charge in [0.1, 0.15) is 25.0 Å². The molecule has 1 aromatic heterocycles. The van der Waals surface area contributed by atoms with Crippen LogP contribution in [0, 0.1) is 12.8 Å². The molecule has 0 radical (unpaired) electrons. The fourth-order valence-corrected chi connectivity index (χ4v) is 4.69. The molecule has 0 bridgehead atoms. The minimum atomic E-state index is -0.832. The van der Waals surface area contributed by atoms with E-state index in [9.17, 15) is 19.2 Å². The molecule has 1 aliphatic rings. The number of nitrogens with zero attached hydrogens (tertiary/aromatic N) is 4. The lowest BCUT2D eigenvalue weighted by Gasteiger charge is -2.26. The van der Waals surface area contributed by atoms with Crippen molar-refractivity contribution in [1.82, 2.24) is 35.6 Å².